The van der Waals surface area contributed by atoms with Crippen LogP contribution in [0.3, 0.4) is 0 Å². The fourth-order valence-corrected chi connectivity index (χ4v) is 5.22. The maximum Gasteiger partial charge on any atom is 0.416 e. The summed E-state index contributed by atoms with van der Waals surface area (Å²) in [5.41, 5.74) is 0.935. The minimum absolute atomic E-state index is 0.0959. The third-order valence-corrected chi connectivity index (χ3v) is 7.64. The maximum atomic E-state index is 13.7. The van der Waals surface area contributed by atoms with Gasteiger partial charge in [-0.25, -0.2) is 4.68 Å². The van der Waals surface area contributed by atoms with E-state index < -0.39 is 29.5 Å². The van der Waals surface area contributed by atoms with Gasteiger partial charge in [0.25, 0.3) is 17.7 Å². The summed E-state index contributed by atoms with van der Waals surface area (Å²) in [7, 11) is 0. The van der Waals surface area contributed by atoms with E-state index in [1.807, 2.05) is 6.07 Å². The summed E-state index contributed by atoms with van der Waals surface area (Å²) in [6.45, 7) is 2.11. The Balaban J connectivity index is 1.35. The molecule has 0 unspecified atom stereocenters. The molecule has 0 saturated carbocycles. The summed E-state index contributed by atoms with van der Waals surface area (Å²) < 4.78 is 46.1. The molecule has 0 bridgehead atoms. The molecule has 1 aromatic heterocycles. The van der Waals surface area contributed by atoms with Crippen LogP contribution >= 0.6 is 0 Å². The number of nitrogens with one attached hydrogen (secondary N) is 3. The number of carbonyl (C=O) groups excluding carboxylic acids is 3. The lowest BCUT2D eigenvalue weighted by Gasteiger charge is -2.29. The topological polar surface area (TPSA) is 138 Å². The first-order chi connectivity index (χ1) is 23.1. The van der Waals surface area contributed by atoms with Crippen molar-refractivity contribution >= 4 is 34.9 Å². The van der Waals surface area contributed by atoms with Crippen molar-refractivity contribution in [2.45, 2.75) is 25.4 Å². The molecule has 2 heterocycles. The van der Waals surface area contributed by atoms with E-state index >= 15 is 0 Å². The average molecular weight is 665 g/mol. The third kappa shape index (κ3) is 8.77. The molecule has 4 N–H and O–H groups in total. The number of anilines is 3. The van der Waals surface area contributed by atoms with Crippen LogP contribution in [0.2, 0.25) is 0 Å². The van der Waals surface area contributed by atoms with Crippen molar-refractivity contribution in [1.82, 2.24) is 15.1 Å². The summed E-state index contributed by atoms with van der Waals surface area (Å²) in [5.74, 6) is -1.45. The number of nitrogens with zero attached hydrogens (tertiary/aromatic N) is 3. The molecule has 5 rings (SSSR count). The normalized spacial score (nSPS) is 13.2. The first kappa shape index (κ1) is 34.1. The number of aliphatic hydroxyl groups is 1. The Morgan fingerprint density at radius 3 is 2.31 bits per heavy atom. The van der Waals surface area contributed by atoms with Crippen molar-refractivity contribution < 1.29 is 37.4 Å². The quantitative estimate of drug-likeness (QED) is 0.154. The molecule has 48 heavy (non-hydrogen) atoms. The number of benzene rings is 3. The second-order valence-corrected chi connectivity index (χ2v) is 11.1. The first-order valence-corrected chi connectivity index (χ1v) is 15.4. The lowest BCUT2D eigenvalue weighted by molar-refractivity contribution is -0.137. The summed E-state index contributed by atoms with van der Waals surface area (Å²) in [6, 6.07) is 17.4. The summed E-state index contributed by atoms with van der Waals surface area (Å²) in [5, 5.41) is 21.2. The Bertz CT molecular complexity index is 1750. The minimum atomic E-state index is -4.52. The number of alkyl halides is 3. The van der Waals surface area contributed by atoms with E-state index in [1.54, 1.807) is 30.3 Å². The van der Waals surface area contributed by atoms with E-state index in [0.717, 1.165) is 50.2 Å². The van der Waals surface area contributed by atoms with E-state index in [0.29, 0.717) is 0 Å². The largest absolute Gasteiger partial charge is 0.416 e. The molecule has 0 spiro atoms. The molecule has 1 saturated heterocycles. The predicted molar refractivity (Wildman–Crippen MR) is 174 cm³/mol. The highest BCUT2D eigenvalue weighted by atomic mass is 19.4. The molecule has 252 valence electrons. The van der Waals surface area contributed by atoms with Gasteiger partial charge in [-0.15, -0.1) is 0 Å². The standard InChI is InChI=1S/C34H35F3N6O5/c35-34(36,37)25-8-5-9-27(21-25)43-16-12-30(41-43)40-33(47)28-22-26(42-14-2-1-3-15-42)10-11-29(28)39-32(46)24-7-4-6-23(20-24)31(45)38-13-18-48-19-17-44/h4-12,16,20-22,44H,1-3,13-15,17-19H2,(H,38,45)(H,39,46)(H,40,41,47). The van der Waals surface area contributed by atoms with Gasteiger partial charge in [0.05, 0.1) is 42.3 Å². The van der Waals surface area contributed by atoms with Gasteiger partial charge in [-0.2, -0.15) is 18.3 Å². The zero-order valence-corrected chi connectivity index (χ0v) is 25.9. The molecule has 14 heteroatoms. The molecular formula is C34H35F3N6O5. The van der Waals surface area contributed by atoms with Gasteiger partial charge in [0.2, 0.25) is 0 Å². The molecule has 4 aromatic rings. The smallest absolute Gasteiger partial charge is 0.394 e. The molecule has 0 radical (unpaired) electrons. The monoisotopic (exact) mass is 664 g/mol. The Morgan fingerprint density at radius 2 is 1.56 bits per heavy atom. The molecule has 3 aromatic carbocycles. The number of hydrogen-bond acceptors (Lipinski definition) is 7. The fourth-order valence-electron chi connectivity index (χ4n) is 5.22. The zero-order chi connectivity index (χ0) is 34.1. The summed E-state index contributed by atoms with van der Waals surface area (Å²) >= 11 is 0. The number of piperidine rings is 1. The van der Waals surface area contributed by atoms with Gasteiger partial charge in [-0.3, -0.25) is 14.4 Å². The Labute approximate surface area is 274 Å². The lowest BCUT2D eigenvalue weighted by atomic mass is 10.1. The number of halogens is 3. The van der Waals surface area contributed by atoms with Crippen molar-refractivity contribution in [3.63, 3.8) is 0 Å². The van der Waals surface area contributed by atoms with Crippen LogP contribution in [-0.2, 0) is 10.9 Å². The van der Waals surface area contributed by atoms with Crippen LogP contribution in [-0.4, -0.2) is 72.1 Å². The Morgan fingerprint density at radius 1 is 0.812 bits per heavy atom. The molecule has 11 nitrogen and oxygen atoms in total. The van der Waals surface area contributed by atoms with Crippen LogP contribution in [0.5, 0.6) is 0 Å². The van der Waals surface area contributed by atoms with Gasteiger partial charge >= 0.3 is 6.18 Å². The summed E-state index contributed by atoms with van der Waals surface area (Å²) in [6.07, 6.45) is 0.0357. The lowest BCUT2D eigenvalue weighted by Crippen LogP contribution is -2.30. The molecule has 1 aliphatic heterocycles. The highest BCUT2D eigenvalue weighted by molar-refractivity contribution is 6.13. The number of amides is 3. The highest BCUT2D eigenvalue weighted by Gasteiger charge is 2.30. The number of carbonyl (C=O) groups is 3. The van der Waals surface area contributed by atoms with Gasteiger partial charge < -0.3 is 30.7 Å². The Hall–Kier alpha value is -5.21. The van der Waals surface area contributed by atoms with Crippen LogP contribution in [0.25, 0.3) is 5.69 Å². The Kier molecular flexibility index (Phi) is 11.1. The number of aromatic nitrogens is 2. The van der Waals surface area contributed by atoms with Crippen LogP contribution in [0.15, 0.2) is 79.0 Å². The molecule has 0 atom stereocenters. The van der Waals surface area contributed by atoms with Gasteiger partial charge in [0.15, 0.2) is 5.82 Å². The SMILES string of the molecule is O=C(NCCOCCO)c1cccc(C(=O)Nc2ccc(N3CCCCC3)cc2C(=O)Nc2ccn(-c3cccc(C(F)(F)F)c3)n2)c1. The average Bonchev–Trinajstić information content (AvgIpc) is 3.56. The summed E-state index contributed by atoms with van der Waals surface area (Å²) in [4.78, 5) is 41.8. The highest BCUT2D eigenvalue weighted by Crippen LogP contribution is 2.31. The number of aliphatic hydroxyl groups excluding tert-OH is 1. The van der Waals surface area contributed by atoms with E-state index in [9.17, 15) is 27.6 Å². The molecule has 3 amide bonds. The van der Waals surface area contributed by atoms with Crippen LogP contribution in [0.1, 0.15) is 55.9 Å². The van der Waals surface area contributed by atoms with Crippen molar-refractivity contribution in [3.05, 3.63) is 101 Å². The third-order valence-electron chi connectivity index (χ3n) is 7.64. The molecular weight excluding hydrogens is 629 g/mol. The zero-order valence-electron chi connectivity index (χ0n) is 25.9. The first-order valence-electron chi connectivity index (χ1n) is 15.4. The van der Waals surface area contributed by atoms with E-state index in [-0.39, 0.29) is 60.2 Å². The van der Waals surface area contributed by atoms with E-state index in [1.165, 1.54) is 35.1 Å². The molecule has 1 fully saturated rings. The predicted octanol–water partition coefficient (Wildman–Crippen LogP) is 5.12. The van der Waals surface area contributed by atoms with Gasteiger partial charge in [0, 0.05) is 48.7 Å². The van der Waals surface area contributed by atoms with E-state index in [2.05, 4.69) is 25.9 Å². The molecule has 0 aliphatic carbocycles. The van der Waals surface area contributed by atoms with Crippen molar-refractivity contribution in [2.75, 3.05) is 55.0 Å². The maximum absolute atomic E-state index is 13.7. The fraction of sp³-hybridized carbons (Fsp3) is 0.294. The second kappa shape index (κ2) is 15.6. The molecule has 1 aliphatic rings. The van der Waals surface area contributed by atoms with E-state index in [4.69, 9.17) is 9.84 Å². The second-order valence-electron chi connectivity index (χ2n) is 11.1. The van der Waals surface area contributed by atoms with Gasteiger partial charge in [-0.1, -0.05) is 12.1 Å². The number of hydrogen-bond donors (Lipinski definition) is 4. The van der Waals surface area contributed by atoms with Crippen LogP contribution in [0.4, 0.5) is 30.4 Å². The van der Waals surface area contributed by atoms with Crippen molar-refractivity contribution in [2.24, 2.45) is 0 Å². The van der Waals surface area contributed by atoms with Crippen LogP contribution < -0.4 is 20.9 Å². The number of rotatable bonds is 12. The minimum Gasteiger partial charge on any atom is -0.394 e. The van der Waals surface area contributed by atoms with Crippen LogP contribution in [0, 0.1) is 0 Å². The van der Waals surface area contributed by atoms with Crippen molar-refractivity contribution in [3.8, 4) is 5.69 Å². The van der Waals surface area contributed by atoms with Gasteiger partial charge in [0.1, 0.15) is 0 Å². The van der Waals surface area contributed by atoms with Gasteiger partial charge in [-0.05, 0) is 73.9 Å². The number of ether oxygens (including phenoxy) is 1. The van der Waals surface area contributed by atoms with Crippen molar-refractivity contribution in [1.29, 1.82) is 0 Å².